The predicted molar refractivity (Wildman–Crippen MR) is 104 cm³/mol. The summed E-state index contributed by atoms with van der Waals surface area (Å²) in [4.78, 5) is 23.9. The van der Waals surface area contributed by atoms with Gasteiger partial charge in [-0.1, -0.05) is 86.8 Å². The molecule has 0 amide bonds. The van der Waals surface area contributed by atoms with Crippen molar-refractivity contribution < 1.29 is 14.3 Å². The van der Waals surface area contributed by atoms with Crippen molar-refractivity contribution in [3.8, 4) is 0 Å². The molecule has 26 heavy (non-hydrogen) atoms. The number of esters is 2. The van der Waals surface area contributed by atoms with Crippen molar-refractivity contribution in [1.29, 1.82) is 0 Å². The van der Waals surface area contributed by atoms with Crippen LogP contribution >= 0.6 is 0 Å². The van der Waals surface area contributed by atoms with Gasteiger partial charge in [0.15, 0.2) is 0 Å². The Labute approximate surface area is 156 Å². The zero-order valence-electron chi connectivity index (χ0n) is 15.5. The van der Waals surface area contributed by atoms with Crippen molar-refractivity contribution in [2.45, 2.75) is 51.9 Å². The second kappa shape index (κ2) is 11.2. The second-order valence-corrected chi connectivity index (χ2v) is 6.75. The minimum atomic E-state index is -0.477. The van der Waals surface area contributed by atoms with Gasteiger partial charge in [-0.2, -0.15) is 0 Å². The van der Waals surface area contributed by atoms with E-state index in [-0.39, 0.29) is 6.42 Å². The number of carbonyl (C=O) groups is 2. The van der Waals surface area contributed by atoms with Crippen LogP contribution in [0.25, 0.3) is 0 Å². The summed E-state index contributed by atoms with van der Waals surface area (Å²) in [7, 11) is 0. The van der Waals surface area contributed by atoms with Gasteiger partial charge in [0.2, 0.25) is 0 Å². The SMILES string of the molecule is CCCCC(CCC(=O)OC(=O)Cc1ccccc1)Cc1ccccc1. The van der Waals surface area contributed by atoms with Gasteiger partial charge in [-0.05, 0) is 29.9 Å². The lowest BCUT2D eigenvalue weighted by Gasteiger charge is -2.16. The number of rotatable bonds is 10. The van der Waals surface area contributed by atoms with Crippen molar-refractivity contribution >= 4 is 11.9 Å². The lowest BCUT2D eigenvalue weighted by atomic mass is 9.90. The molecule has 0 bridgehead atoms. The Kier molecular flexibility index (Phi) is 8.61. The third-order valence-corrected chi connectivity index (χ3v) is 4.51. The molecule has 2 aromatic carbocycles. The summed E-state index contributed by atoms with van der Waals surface area (Å²) < 4.78 is 4.98. The number of unbranched alkanes of at least 4 members (excludes halogenated alkanes) is 1. The summed E-state index contributed by atoms with van der Waals surface area (Å²) in [6.07, 6.45) is 5.54. The normalized spacial score (nSPS) is 11.7. The molecule has 3 nitrogen and oxygen atoms in total. The smallest absolute Gasteiger partial charge is 0.317 e. The van der Waals surface area contributed by atoms with E-state index >= 15 is 0 Å². The molecule has 0 saturated carbocycles. The average molecular weight is 352 g/mol. The molecule has 0 aliphatic carbocycles. The van der Waals surface area contributed by atoms with E-state index in [1.54, 1.807) is 0 Å². The second-order valence-electron chi connectivity index (χ2n) is 6.75. The fourth-order valence-electron chi connectivity index (χ4n) is 3.09. The monoisotopic (exact) mass is 352 g/mol. The van der Waals surface area contributed by atoms with Gasteiger partial charge in [0.1, 0.15) is 0 Å². The Hall–Kier alpha value is -2.42. The van der Waals surface area contributed by atoms with Gasteiger partial charge >= 0.3 is 11.9 Å². The maximum absolute atomic E-state index is 12.0. The lowest BCUT2D eigenvalue weighted by Crippen LogP contribution is -2.16. The van der Waals surface area contributed by atoms with Gasteiger partial charge < -0.3 is 4.74 Å². The summed E-state index contributed by atoms with van der Waals surface area (Å²) in [5.74, 6) is -0.455. The highest BCUT2D eigenvalue weighted by Gasteiger charge is 2.15. The molecule has 138 valence electrons. The zero-order chi connectivity index (χ0) is 18.6. The van der Waals surface area contributed by atoms with Crippen molar-refractivity contribution in [3.63, 3.8) is 0 Å². The minimum absolute atomic E-state index is 0.135. The molecule has 0 aromatic heterocycles. The van der Waals surface area contributed by atoms with Gasteiger partial charge in [0.05, 0.1) is 6.42 Å². The van der Waals surface area contributed by atoms with E-state index in [9.17, 15) is 9.59 Å². The first-order valence-electron chi connectivity index (χ1n) is 9.48. The van der Waals surface area contributed by atoms with Gasteiger partial charge in [-0.3, -0.25) is 9.59 Å². The van der Waals surface area contributed by atoms with Crippen LogP contribution in [0.5, 0.6) is 0 Å². The molecular weight excluding hydrogens is 324 g/mol. The largest absolute Gasteiger partial charge is 0.393 e. The first-order chi connectivity index (χ1) is 12.7. The fraction of sp³-hybridized carbons (Fsp3) is 0.391. The molecule has 2 rings (SSSR count). The molecule has 0 N–H and O–H groups in total. The number of ether oxygens (including phenoxy) is 1. The molecule has 0 saturated heterocycles. The summed E-state index contributed by atoms with van der Waals surface area (Å²) in [5, 5.41) is 0. The van der Waals surface area contributed by atoms with E-state index in [0.29, 0.717) is 12.3 Å². The van der Waals surface area contributed by atoms with Crippen molar-refractivity contribution in [3.05, 3.63) is 71.8 Å². The van der Waals surface area contributed by atoms with Crippen molar-refractivity contribution in [2.75, 3.05) is 0 Å². The Bertz CT molecular complexity index is 664. The maximum atomic E-state index is 12.0. The molecule has 1 atom stereocenters. The topological polar surface area (TPSA) is 43.4 Å². The highest BCUT2D eigenvalue weighted by Crippen LogP contribution is 2.20. The molecule has 3 heteroatoms. The summed E-state index contributed by atoms with van der Waals surface area (Å²) in [6, 6.07) is 19.7. The van der Waals surface area contributed by atoms with Gasteiger partial charge in [-0.15, -0.1) is 0 Å². The molecule has 0 aliphatic rings. The average Bonchev–Trinajstić information content (AvgIpc) is 2.65. The van der Waals surface area contributed by atoms with Gasteiger partial charge in [-0.25, -0.2) is 0 Å². The molecule has 1 unspecified atom stereocenters. The summed E-state index contributed by atoms with van der Waals surface area (Å²) >= 11 is 0. The van der Waals surface area contributed by atoms with Crippen LogP contribution in [-0.4, -0.2) is 11.9 Å². The predicted octanol–water partition coefficient (Wildman–Crippen LogP) is 5.13. The van der Waals surface area contributed by atoms with Crippen LogP contribution < -0.4 is 0 Å². The Balaban J connectivity index is 1.78. The van der Waals surface area contributed by atoms with Crippen LogP contribution in [0.15, 0.2) is 60.7 Å². The number of hydrogen-bond acceptors (Lipinski definition) is 3. The van der Waals surface area contributed by atoms with Crippen molar-refractivity contribution in [2.24, 2.45) is 5.92 Å². The highest BCUT2D eigenvalue weighted by molar-refractivity contribution is 5.86. The molecule has 0 radical (unpaired) electrons. The van der Waals surface area contributed by atoms with E-state index < -0.39 is 11.9 Å². The molecule has 0 aliphatic heterocycles. The minimum Gasteiger partial charge on any atom is -0.393 e. The van der Waals surface area contributed by atoms with Crippen molar-refractivity contribution in [1.82, 2.24) is 0 Å². The zero-order valence-corrected chi connectivity index (χ0v) is 15.5. The Morgan fingerprint density at radius 1 is 0.846 bits per heavy atom. The van der Waals surface area contributed by atoms with Crippen LogP contribution in [0.4, 0.5) is 0 Å². The van der Waals surface area contributed by atoms with E-state index in [1.165, 1.54) is 5.56 Å². The van der Waals surface area contributed by atoms with Crippen LogP contribution in [0.1, 0.15) is 50.2 Å². The van der Waals surface area contributed by atoms with E-state index in [1.807, 2.05) is 48.5 Å². The number of hydrogen-bond donors (Lipinski definition) is 0. The molecule has 0 spiro atoms. The van der Waals surface area contributed by atoms with Gasteiger partial charge in [0.25, 0.3) is 0 Å². The van der Waals surface area contributed by atoms with Crippen LogP contribution in [0, 0.1) is 5.92 Å². The molecule has 0 heterocycles. The van der Waals surface area contributed by atoms with Crippen LogP contribution in [0.3, 0.4) is 0 Å². The maximum Gasteiger partial charge on any atom is 0.317 e. The Morgan fingerprint density at radius 3 is 2.08 bits per heavy atom. The van der Waals surface area contributed by atoms with E-state index in [0.717, 1.165) is 37.7 Å². The van der Waals surface area contributed by atoms with Crippen LogP contribution in [-0.2, 0) is 27.2 Å². The third kappa shape index (κ3) is 7.64. The highest BCUT2D eigenvalue weighted by atomic mass is 16.6. The standard InChI is InChI=1S/C23H28O3/c1-2-3-10-21(17-19-11-6-4-7-12-19)15-16-22(24)26-23(25)18-20-13-8-5-9-14-20/h4-9,11-14,21H,2-3,10,15-18H2,1H3. The fourth-order valence-corrected chi connectivity index (χ4v) is 3.09. The lowest BCUT2D eigenvalue weighted by molar-refractivity contribution is -0.159. The Morgan fingerprint density at radius 2 is 1.46 bits per heavy atom. The van der Waals surface area contributed by atoms with Crippen LogP contribution in [0.2, 0.25) is 0 Å². The first kappa shape index (κ1) is 19.9. The molecule has 2 aromatic rings. The summed E-state index contributed by atoms with van der Waals surface area (Å²) in [6.45, 7) is 2.18. The first-order valence-corrected chi connectivity index (χ1v) is 9.48. The van der Waals surface area contributed by atoms with E-state index in [4.69, 9.17) is 4.74 Å². The quantitative estimate of drug-likeness (QED) is 0.440. The van der Waals surface area contributed by atoms with Gasteiger partial charge in [0, 0.05) is 6.42 Å². The number of carbonyl (C=O) groups excluding carboxylic acids is 2. The molecular formula is C23H28O3. The number of benzene rings is 2. The summed E-state index contributed by atoms with van der Waals surface area (Å²) in [5.41, 5.74) is 2.15. The third-order valence-electron chi connectivity index (χ3n) is 4.51. The molecule has 0 fully saturated rings. The van der Waals surface area contributed by atoms with E-state index in [2.05, 4.69) is 19.1 Å².